The van der Waals surface area contributed by atoms with Crippen molar-refractivity contribution in [3.8, 4) is 0 Å². The Labute approximate surface area is 589 Å². The number of ether oxygens (including phenoxy) is 9. The molecule has 0 aliphatic heterocycles. The van der Waals surface area contributed by atoms with Crippen molar-refractivity contribution in [2.45, 2.75) is 246 Å². The van der Waals surface area contributed by atoms with E-state index in [-0.39, 0.29) is 189 Å². The fourth-order valence-corrected chi connectivity index (χ4v) is 9.69. The molecule has 5 N–H and O–H groups in total. The summed E-state index contributed by atoms with van der Waals surface area (Å²) in [4.78, 5) is 141. The molecule has 26 nitrogen and oxygen atoms in total. The number of amides is 2. The van der Waals surface area contributed by atoms with Gasteiger partial charge >= 0.3 is 23.9 Å². The van der Waals surface area contributed by atoms with Crippen molar-refractivity contribution >= 4 is 70.4 Å². The lowest BCUT2D eigenvalue weighted by Gasteiger charge is -2.14. The molecule has 99 heavy (non-hydrogen) atoms. The van der Waals surface area contributed by atoms with Crippen LogP contribution in [0.1, 0.15) is 246 Å². The Morgan fingerprint density at radius 3 is 0.909 bits per heavy atom. The number of carboxylic acids is 3. The first-order chi connectivity index (χ1) is 47.6. The van der Waals surface area contributed by atoms with Crippen molar-refractivity contribution in [2.24, 2.45) is 23.7 Å². The average Bonchev–Trinajstić information content (AvgIpc) is 1.15. The van der Waals surface area contributed by atoms with Crippen LogP contribution in [0.5, 0.6) is 0 Å². The molecule has 0 aromatic heterocycles. The van der Waals surface area contributed by atoms with Crippen LogP contribution in [0.25, 0.3) is 0 Å². The Morgan fingerprint density at radius 2 is 0.586 bits per heavy atom. The smallest absolute Gasteiger partial charge is 0.309 e. The zero-order valence-corrected chi connectivity index (χ0v) is 61.0. The minimum Gasteiger partial charge on any atom is -0.481 e. The van der Waals surface area contributed by atoms with Crippen LogP contribution in [-0.2, 0) is 100 Å². The fraction of sp³-hybridized carbons (Fsp3) is 0.836. The van der Waals surface area contributed by atoms with Gasteiger partial charge in [-0.15, -0.1) is 0 Å². The largest absolute Gasteiger partial charge is 0.481 e. The Morgan fingerprint density at radius 1 is 0.303 bits per heavy atom. The summed E-state index contributed by atoms with van der Waals surface area (Å²) < 4.78 is 47.6. The van der Waals surface area contributed by atoms with Gasteiger partial charge in [0.15, 0.2) is 23.1 Å². The fourth-order valence-electron chi connectivity index (χ4n) is 9.69. The second kappa shape index (κ2) is 69.6. The monoisotopic (exact) mass is 1420 g/mol. The molecule has 0 radical (unpaired) electrons. The lowest BCUT2D eigenvalue weighted by atomic mass is 9.94. The third kappa shape index (κ3) is 69.4. The molecule has 0 heterocycles. The second-order valence-electron chi connectivity index (χ2n) is 25.6. The predicted octanol–water partition coefficient (Wildman–Crippen LogP) is 9.99. The lowest BCUT2D eigenvalue weighted by molar-refractivity contribution is -0.147. The number of hydrogen-bond donors (Lipinski definition) is 5. The van der Waals surface area contributed by atoms with E-state index in [1.807, 2.05) is 27.7 Å². The van der Waals surface area contributed by atoms with Gasteiger partial charge in [-0.1, -0.05) is 130 Å². The van der Waals surface area contributed by atoms with Gasteiger partial charge in [-0.05, 0) is 51.4 Å². The van der Waals surface area contributed by atoms with E-state index in [0.29, 0.717) is 78.2 Å². The molecule has 26 heteroatoms. The molecular weight excluding hydrogens is 1290 g/mol. The first-order valence-electron chi connectivity index (χ1n) is 36.6. The van der Waals surface area contributed by atoms with Crippen LogP contribution in [0.2, 0.25) is 0 Å². The van der Waals surface area contributed by atoms with E-state index in [2.05, 4.69) is 10.6 Å². The van der Waals surface area contributed by atoms with E-state index >= 15 is 0 Å². The Bertz CT molecular complexity index is 2160. The summed E-state index contributed by atoms with van der Waals surface area (Å²) in [5.74, 6) is -5.26. The van der Waals surface area contributed by atoms with Crippen molar-refractivity contribution in [1.82, 2.24) is 10.6 Å². The van der Waals surface area contributed by atoms with Gasteiger partial charge in [0.1, 0.15) is 38.0 Å². The van der Waals surface area contributed by atoms with Gasteiger partial charge in [-0.25, -0.2) is 0 Å². The lowest BCUT2D eigenvalue weighted by Crippen LogP contribution is -2.29. The summed E-state index contributed by atoms with van der Waals surface area (Å²) in [6.07, 6.45) is 23.5. The SMILES string of the molecule is CC(C)C(=O)COCCOCCCC(=O)COCCOCCNC(=O)CC[C@H](CC(=O)CCCCCCCCCCCCC(=O)O)C(=O)O.COC(=O)[C@H](CCC(=O)NCCOCCOCC(=O)CCCOCCOCC(=O)C(C)C)CC(=O)CCCCCCCCCCCCC(=O)O. The molecule has 2 atom stereocenters. The van der Waals surface area contributed by atoms with Crippen molar-refractivity contribution in [3.05, 3.63) is 0 Å². The van der Waals surface area contributed by atoms with Crippen LogP contribution in [0.15, 0.2) is 0 Å². The zero-order chi connectivity index (χ0) is 73.8. The van der Waals surface area contributed by atoms with Gasteiger partial charge in [0.05, 0.1) is 85.0 Å². The molecule has 0 spiro atoms. The first kappa shape index (κ1) is 95.6. The average molecular weight is 1420 g/mol. The summed E-state index contributed by atoms with van der Waals surface area (Å²) in [5.41, 5.74) is 0. The van der Waals surface area contributed by atoms with Crippen LogP contribution in [0.4, 0.5) is 0 Å². The van der Waals surface area contributed by atoms with Gasteiger partial charge < -0.3 is 68.6 Å². The number of aliphatic carboxylic acids is 3. The Kier molecular flexibility index (Phi) is 67.2. The van der Waals surface area contributed by atoms with Crippen molar-refractivity contribution in [2.75, 3.05) is 126 Å². The van der Waals surface area contributed by atoms with E-state index in [1.165, 1.54) is 7.11 Å². The second-order valence-corrected chi connectivity index (χ2v) is 25.6. The number of rotatable bonds is 74. The van der Waals surface area contributed by atoms with Crippen LogP contribution in [0, 0.1) is 23.7 Å². The number of carbonyl (C=O) groups is 12. The first-order valence-corrected chi connectivity index (χ1v) is 36.6. The summed E-state index contributed by atoms with van der Waals surface area (Å²) >= 11 is 0. The summed E-state index contributed by atoms with van der Waals surface area (Å²) in [7, 11) is 1.28. The van der Waals surface area contributed by atoms with E-state index in [4.69, 9.17) is 52.8 Å². The third-order valence-electron chi connectivity index (χ3n) is 15.9. The van der Waals surface area contributed by atoms with Gasteiger partial charge in [0, 0.05) is 102 Å². The molecule has 0 aromatic carbocycles. The van der Waals surface area contributed by atoms with Crippen molar-refractivity contribution in [3.63, 3.8) is 0 Å². The molecule has 0 unspecified atom stereocenters. The highest BCUT2D eigenvalue weighted by Crippen LogP contribution is 2.19. The van der Waals surface area contributed by atoms with Crippen molar-refractivity contribution in [1.29, 1.82) is 0 Å². The number of methoxy groups -OCH3 is 1. The Balaban J connectivity index is 0. The van der Waals surface area contributed by atoms with Gasteiger partial charge in [0.2, 0.25) is 11.8 Å². The van der Waals surface area contributed by atoms with E-state index < -0.39 is 35.7 Å². The molecule has 0 rings (SSSR count). The number of carbonyl (C=O) groups excluding carboxylic acids is 9. The highest BCUT2D eigenvalue weighted by molar-refractivity contribution is 5.86. The van der Waals surface area contributed by atoms with E-state index in [0.717, 1.165) is 128 Å². The molecule has 2 amide bonds. The Hall–Kier alpha value is -5.48. The maximum atomic E-state index is 12.5. The quantitative estimate of drug-likeness (QED) is 0.0279. The number of nitrogens with one attached hydrogen (secondary N) is 2. The predicted molar refractivity (Wildman–Crippen MR) is 371 cm³/mol. The molecule has 0 aliphatic rings. The number of Topliss-reactive ketones (excluding diaryl/α,β-unsaturated/α-hetero) is 6. The van der Waals surface area contributed by atoms with Gasteiger partial charge in [-0.2, -0.15) is 0 Å². The van der Waals surface area contributed by atoms with E-state index in [9.17, 15) is 62.6 Å². The number of carboxylic acid groups (broad SMARTS) is 3. The molecular formula is C73H128N2O24. The standard InChI is InChI=1S/C37H65NO12.C36H63NO12/c1-30(2)34(41)29-50-26-23-47-21-14-16-33(40)28-49-25-24-48-22-20-38-35(42)19-18-31(37(45)46-3)27-32(39)15-12-10-8-6-4-5-7-9-11-13-17-36(43)44;1-29(2)33(40)28-49-25-22-46-20-13-15-32(39)27-48-24-23-47-21-19-37-34(41)18-17-30(36(44)45)26-31(38)14-11-9-7-5-3-4-6-8-10-12-16-35(42)43/h30-31H,4-29H2,1-3H3,(H,38,42)(H,43,44);29-30H,3-28H2,1-2H3,(H,37,41)(H,42,43)(H,44,45)/t31-;30-/m11/s1. The van der Waals surface area contributed by atoms with Crippen molar-refractivity contribution < 1.29 is 115 Å². The summed E-state index contributed by atoms with van der Waals surface area (Å²) in [6.45, 7) is 11.7. The van der Waals surface area contributed by atoms with Gasteiger partial charge in [-0.3, -0.25) is 57.5 Å². The molecule has 0 saturated carbocycles. The molecule has 0 aromatic rings. The number of ketones is 6. The molecule has 0 aliphatic carbocycles. The minimum atomic E-state index is -1.07. The maximum Gasteiger partial charge on any atom is 0.309 e. The topological polar surface area (TPSA) is 373 Å². The number of unbranched alkanes of at least 4 members (excludes halogenated alkanes) is 18. The molecule has 0 bridgehead atoms. The summed E-state index contributed by atoms with van der Waals surface area (Å²) in [5, 5.41) is 32.2. The number of esters is 1. The zero-order valence-electron chi connectivity index (χ0n) is 61.0. The maximum absolute atomic E-state index is 12.5. The summed E-state index contributed by atoms with van der Waals surface area (Å²) in [6, 6.07) is 0. The van der Waals surface area contributed by atoms with E-state index in [1.54, 1.807) is 0 Å². The molecule has 0 saturated heterocycles. The molecule has 574 valence electrons. The highest BCUT2D eigenvalue weighted by atomic mass is 16.5. The normalized spacial score (nSPS) is 11.8. The minimum absolute atomic E-state index is 0.00256. The molecule has 0 fully saturated rings. The van der Waals surface area contributed by atoms with Crippen LogP contribution >= 0.6 is 0 Å². The van der Waals surface area contributed by atoms with Crippen LogP contribution in [-0.4, -0.2) is 212 Å². The van der Waals surface area contributed by atoms with Crippen LogP contribution < -0.4 is 10.6 Å². The van der Waals surface area contributed by atoms with Crippen LogP contribution in [0.3, 0.4) is 0 Å². The number of hydrogen-bond acceptors (Lipinski definition) is 21. The third-order valence-corrected chi connectivity index (χ3v) is 15.9. The van der Waals surface area contributed by atoms with Gasteiger partial charge in [0.25, 0.3) is 0 Å². The highest BCUT2D eigenvalue weighted by Gasteiger charge is 2.24.